The van der Waals surface area contributed by atoms with Crippen molar-refractivity contribution in [2.24, 2.45) is 0 Å². The van der Waals surface area contributed by atoms with Crippen molar-refractivity contribution in [3.8, 4) is 11.4 Å². The first-order valence-corrected chi connectivity index (χ1v) is 6.94. The Bertz CT molecular complexity index is 1130. The van der Waals surface area contributed by atoms with Crippen LogP contribution in [0.5, 0.6) is 5.75 Å². The second kappa shape index (κ2) is 4.84. The Morgan fingerprint density at radius 1 is 1.13 bits per heavy atom. The number of aromatic amines is 2. The molecule has 7 nitrogen and oxygen atoms in total. The van der Waals surface area contributed by atoms with E-state index in [0.29, 0.717) is 22.3 Å². The summed E-state index contributed by atoms with van der Waals surface area (Å²) in [6, 6.07) is 8.43. The van der Waals surface area contributed by atoms with E-state index in [-0.39, 0.29) is 11.1 Å². The molecule has 0 amide bonds. The molecule has 7 heteroatoms. The standard InChI is InChI=1S/C16H12N4O3/c1-23-10-3-4-11-13(6-10)17-8-12-15(11)19-20(16(12)22)9-2-5-14(21)18-7-9/h2-8,19H,1H3,(H,18,21). The summed E-state index contributed by atoms with van der Waals surface area (Å²) >= 11 is 0. The van der Waals surface area contributed by atoms with Crippen LogP contribution in [0.2, 0.25) is 0 Å². The van der Waals surface area contributed by atoms with Gasteiger partial charge in [0.05, 0.1) is 29.2 Å². The number of nitrogens with zero attached hydrogens (tertiary/aromatic N) is 2. The Balaban J connectivity index is 2.03. The number of pyridine rings is 2. The lowest BCUT2D eigenvalue weighted by Gasteiger charge is -2.02. The molecule has 0 aliphatic heterocycles. The molecule has 0 saturated heterocycles. The minimum Gasteiger partial charge on any atom is -0.497 e. The molecule has 0 atom stereocenters. The molecule has 0 saturated carbocycles. The predicted octanol–water partition coefficient (Wildman–Crippen LogP) is 1.56. The molecule has 0 aliphatic carbocycles. The van der Waals surface area contributed by atoms with E-state index in [2.05, 4.69) is 15.1 Å². The van der Waals surface area contributed by atoms with Crippen LogP contribution in [-0.2, 0) is 0 Å². The average molecular weight is 308 g/mol. The number of fused-ring (bicyclic) bond motifs is 3. The van der Waals surface area contributed by atoms with Crippen molar-refractivity contribution in [1.29, 1.82) is 0 Å². The van der Waals surface area contributed by atoms with E-state index in [4.69, 9.17) is 4.74 Å². The summed E-state index contributed by atoms with van der Waals surface area (Å²) in [5.41, 5.74) is 1.52. The van der Waals surface area contributed by atoms with Crippen LogP contribution in [-0.4, -0.2) is 26.9 Å². The summed E-state index contributed by atoms with van der Waals surface area (Å²) in [6.07, 6.45) is 3.02. The van der Waals surface area contributed by atoms with Crippen molar-refractivity contribution < 1.29 is 4.74 Å². The molecule has 0 bridgehead atoms. The molecule has 3 aromatic heterocycles. The van der Waals surface area contributed by atoms with Crippen LogP contribution in [0.4, 0.5) is 0 Å². The summed E-state index contributed by atoms with van der Waals surface area (Å²) in [7, 11) is 1.59. The largest absolute Gasteiger partial charge is 0.497 e. The number of hydrogen-bond donors (Lipinski definition) is 2. The Morgan fingerprint density at radius 2 is 2.00 bits per heavy atom. The van der Waals surface area contributed by atoms with Crippen LogP contribution in [0, 0.1) is 0 Å². The van der Waals surface area contributed by atoms with Gasteiger partial charge in [-0.3, -0.25) is 19.7 Å². The van der Waals surface area contributed by atoms with E-state index in [1.807, 2.05) is 18.2 Å². The van der Waals surface area contributed by atoms with Gasteiger partial charge in [0.2, 0.25) is 5.56 Å². The van der Waals surface area contributed by atoms with Gasteiger partial charge < -0.3 is 9.72 Å². The number of benzene rings is 1. The molecular formula is C16H12N4O3. The molecule has 3 heterocycles. The fourth-order valence-corrected chi connectivity index (χ4v) is 2.59. The maximum absolute atomic E-state index is 12.6. The van der Waals surface area contributed by atoms with Gasteiger partial charge in [0, 0.05) is 29.9 Å². The molecule has 0 spiro atoms. The number of H-pyrrole nitrogens is 2. The zero-order chi connectivity index (χ0) is 16.0. The van der Waals surface area contributed by atoms with E-state index in [9.17, 15) is 9.59 Å². The van der Waals surface area contributed by atoms with Gasteiger partial charge >= 0.3 is 0 Å². The van der Waals surface area contributed by atoms with Gasteiger partial charge in [-0.05, 0) is 18.2 Å². The van der Waals surface area contributed by atoms with Crippen molar-refractivity contribution in [3.05, 3.63) is 63.4 Å². The summed E-state index contributed by atoms with van der Waals surface area (Å²) in [4.78, 5) is 30.6. The molecule has 0 radical (unpaired) electrons. The van der Waals surface area contributed by atoms with Crippen LogP contribution >= 0.6 is 0 Å². The normalized spacial score (nSPS) is 11.2. The highest BCUT2D eigenvalue weighted by atomic mass is 16.5. The van der Waals surface area contributed by atoms with Gasteiger partial charge in [-0.25, -0.2) is 4.68 Å². The monoisotopic (exact) mass is 308 g/mol. The highest BCUT2D eigenvalue weighted by Gasteiger charge is 2.12. The van der Waals surface area contributed by atoms with Gasteiger partial charge in [0.1, 0.15) is 5.75 Å². The predicted molar refractivity (Wildman–Crippen MR) is 86.4 cm³/mol. The zero-order valence-electron chi connectivity index (χ0n) is 12.2. The Hall–Kier alpha value is -3.35. The molecule has 0 fully saturated rings. The summed E-state index contributed by atoms with van der Waals surface area (Å²) in [6.45, 7) is 0. The van der Waals surface area contributed by atoms with E-state index in [1.165, 1.54) is 23.1 Å². The molecule has 1 aromatic carbocycles. The van der Waals surface area contributed by atoms with Crippen molar-refractivity contribution >= 4 is 21.8 Å². The van der Waals surface area contributed by atoms with Gasteiger partial charge in [-0.1, -0.05) is 0 Å². The third-order valence-electron chi connectivity index (χ3n) is 3.76. The number of ether oxygens (including phenoxy) is 1. The first-order chi connectivity index (χ1) is 11.2. The summed E-state index contributed by atoms with van der Waals surface area (Å²) in [5.74, 6) is 0.701. The smallest absolute Gasteiger partial charge is 0.280 e. The van der Waals surface area contributed by atoms with Crippen molar-refractivity contribution in [2.45, 2.75) is 0 Å². The van der Waals surface area contributed by atoms with Gasteiger partial charge in [-0.15, -0.1) is 0 Å². The van der Waals surface area contributed by atoms with E-state index in [0.717, 1.165) is 10.9 Å². The molecule has 2 N–H and O–H groups in total. The molecule has 23 heavy (non-hydrogen) atoms. The third-order valence-corrected chi connectivity index (χ3v) is 3.76. The summed E-state index contributed by atoms with van der Waals surface area (Å²) < 4.78 is 6.57. The second-order valence-electron chi connectivity index (χ2n) is 5.09. The van der Waals surface area contributed by atoms with Gasteiger partial charge in [0.25, 0.3) is 5.56 Å². The highest BCUT2D eigenvalue weighted by Crippen LogP contribution is 2.24. The first kappa shape index (κ1) is 13.3. The van der Waals surface area contributed by atoms with E-state index >= 15 is 0 Å². The molecule has 114 valence electrons. The maximum atomic E-state index is 12.6. The number of hydrogen-bond acceptors (Lipinski definition) is 4. The van der Waals surface area contributed by atoms with Crippen molar-refractivity contribution in [3.63, 3.8) is 0 Å². The number of aromatic nitrogens is 4. The maximum Gasteiger partial charge on any atom is 0.280 e. The fraction of sp³-hybridized carbons (Fsp3) is 0.0625. The summed E-state index contributed by atoms with van der Waals surface area (Å²) in [5, 5.41) is 4.38. The van der Waals surface area contributed by atoms with Crippen LogP contribution in [0.25, 0.3) is 27.5 Å². The molecular weight excluding hydrogens is 296 g/mol. The van der Waals surface area contributed by atoms with E-state index in [1.54, 1.807) is 13.2 Å². The Labute approximate surface area is 129 Å². The van der Waals surface area contributed by atoms with Gasteiger partial charge in [0.15, 0.2) is 0 Å². The van der Waals surface area contributed by atoms with Crippen LogP contribution in [0.15, 0.2) is 52.3 Å². The van der Waals surface area contributed by atoms with Crippen molar-refractivity contribution in [2.75, 3.05) is 7.11 Å². The lowest BCUT2D eigenvalue weighted by Crippen LogP contribution is -2.16. The molecule has 0 unspecified atom stereocenters. The minimum absolute atomic E-state index is 0.225. The molecule has 0 aliphatic rings. The molecule has 4 aromatic rings. The van der Waals surface area contributed by atoms with E-state index < -0.39 is 0 Å². The lowest BCUT2D eigenvalue weighted by molar-refractivity contribution is 0.415. The van der Waals surface area contributed by atoms with Crippen molar-refractivity contribution in [1.82, 2.24) is 19.7 Å². The Kier molecular flexibility index (Phi) is 2.80. The second-order valence-corrected chi connectivity index (χ2v) is 5.09. The van der Waals surface area contributed by atoms with Crippen LogP contribution in [0.1, 0.15) is 0 Å². The lowest BCUT2D eigenvalue weighted by atomic mass is 10.1. The average Bonchev–Trinajstić information content (AvgIpc) is 2.92. The van der Waals surface area contributed by atoms with Crippen LogP contribution < -0.4 is 15.9 Å². The molecule has 4 rings (SSSR count). The minimum atomic E-state index is -0.225. The zero-order valence-corrected chi connectivity index (χ0v) is 12.2. The Morgan fingerprint density at radius 3 is 2.74 bits per heavy atom. The quantitative estimate of drug-likeness (QED) is 0.588. The SMILES string of the molecule is COc1ccc2c(c1)ncc1c(=O)n(-c3ccc(=O)[nH]c3)[nH]c12. The highest BCUT2D eigenvalue weighted by molar-refractivity contribution is 6.03. The van der Waals surface area contributed by atoms with Gasteiger partial charge in [-0.2, -0.15) is 0 Å². The topological polar surface area (TPSA) is 92.8 Å². The third kappa shape index (κ3) is 2.02. The number of methoxy groups -OCH3 is 1. The number of nitrogens with one attached hydrogen (secondary N) is 2. The number of rotatable bonds is 2. The first-order valence-electron chi connectivity index (χ1n) is 6.94. The van der Waals surface area contributed by atoms with Crippen LogP contribution in [0.3, 0.4) is 0 Å². The fourth-order valence-electron chi connectivity index (χ4n) is 2.59.